The van der Waals surface area contributed by atoms with Crippen LogP contribution in [0.4, 0.5) is 0 Å². The normalized spacial score (nSPS) is 16.4. The number of methoxy groups -OCH3 is 3. The molecular formula is C27H33NO6S2. The van der Waals surface area contributed by atoms with Crippen molar-refractivity contribution < 1.29 is 28.2 Å². The van der Waals surface area contributed by atoms with E-state index in [1.165, 1.54) is 33.1 Å². The Morgan fingerprint density at radius 2 is 1.94 bits per heavy atom. The van der Waals surface area contributed by atoms with E-state index in [4.69, 9.17) is 30.8 Å². The number of furan rings is 1. The lowest BCUT2D eigenvalue weighted by Crippen LogP contribution is -2.37. The maximum Gasteiger partial charge on any atom is 0.341 e. The molecule has 36 heavy (non-hydrogen) atoms. The SMILES string of the molecule is CCCC(CC)CC(C)N1C(=O)/C(=C/c2ccc(-c3cc(OC)c(OC)c(C(=O)OC)c3)o2)SC1=S. The van der Waals surface area contributed by atoms with Gasteiger partial charge in [-0.05, 0) is 43.5 Å². The zero-order valence-electron chi connectivity index (χ0n) is 21.6. The predicted octanol–water partition coefficient (Wildman–Crippen LogP) is 6.56. The average Bonchev–Trinajstić information content (AvgIpc) is 3.45. The highest BCUT2D eigenvalue weighted by atomic mass is 32.2. The topological polar surface area (TPSA) is 78.2 Å². The van der Waals surface area contributed by atoms with Crippen LogP contribution in [0, 0.1) is 5.92 Å². The van der Waals surface area contributed by atoms with Crippen molar-refractivity contribution in [3.05, 3.63) is 40.5 Å². The molecule has 2 heterocycles. The van der Waals surface area contributed by atoms with Gasteiger partial charge < -0.3 is 18.6 Å². The molecule has 1 aromatic carbocycles. The fourth-order valence-corrected chi connectivity index (χ4v) is 5.87. The van der Waals surface area contributed by atoms with E-state index in [1.54, 1.807) is 35.2 Å². The van der Waals surface area contributed by atoms with Crippen LogP contribution in [0.5, 0.6) is 11.5 Å². The first-order valence-electron chi connectivity index (χ1n) is 12.0. The summed E-state index contributed by atoms with van der Waals surface area (Å²) in [6.45, 7) is 6.44. The van der Waals surface area contributed by atoms with Gasteiger partial charge in [0.05, 0.1) is 26.2 Å². The third kappa shape index (κ3) is 5.95. The Labute approximate surface area is 222 Å². The van der Waals surface area contributed by atoms with Crippen molar-refractivity contribution in [2.24, 2.45) is 5.92 Å². The van der Waals surface area contributed by atoms with Gasteiger partial charge in [-0.3, -0.25) is 9.69 Å². The second-order valence-corrected chi connectivity index (χ2v) is 10.3. The van der Waals surface area contributed by atoms with Crippen LogP contribution >= 0.6 is 24.0 Å². The van der Waals surface area contributed by atoms with Crippen LogP contribution in [0.25, 0.3) is 17.4 Å². The van der Waals surface area contributed by atoms with Gasteiger partial charge in [0.25, 0.3) is 5.91 Å². The molecule has 0 spiro atoms. The van der Waals surface area contributed by atoms with Crippen molar-refractivity contribution in [2.45, 2.75) is 52.5 Å². The molecule has 0 radical (unpaired) electrons. The zero-order chi connectivity index (χ0) is 26.4. The van der Waals surface area contributed by atoms with Crippen molar-refractivity contribution in [3.63, 3.8) is 0 Å². The molecule has 0 bridgehead atoms. The minimum Gasteiger partial charge on any atom is -0.493 e. The summed E-state index contributed by atoms with van der Waals surface area (Å²) in [5.74, 6) is 1.58. The number of benzene rings is 1. The average molecular weight is 532 g/mol. The van der Waals surface area contributed by atoms with Crippen molar-refractivity contribution in [2.75, 3.05) is 21.3 Å². The Morgan fingerprint density at radius 3 is 2.56 bits per heavy atom. The van der Waals surface area contributed by atoms with Crippen molar-refractivity contribution in [3.8, 4) is 22.8 Å². The zero-order valence-corrected chi connectivity index (χ0v) is 23.2. The second-order valence-electron chi connectivity index (χ2n) is 8.65. The molecule has 1 amide bonds. The van der Waals surface area contributed by atoms with Crippen LogP contribution in [0.1, 0.15) is 62.6 Å². The number of carbonyl (C=O) groups is 2. The molecule has 2 aromatic rings. The Hall–Kier alpha value is -2.78. The third-order valence-electron chi connectivity index (χ3n) is 6.28. The number of carbonyl (C=O) groups excluding carboxylic acids is 2. The van der Waals surface area contributed by atoms with Gasteiger partial charge in [-0.25, -0.2) is 4.79 Å². The van der Waals surface area contributed by atoms with Crippen LogP contribution in [0.3, 0.4) is 0 Å². The lowest BCUT2D eigenvalue weighted by Gasteiger charge is -2.26. The van der Waals surface area contributed by atoms with E-state index < -0.39 is 5.97 Å². The Morgan fingerprint density at radius 1 is 1.19 bits per heavy atom. The summed E-state index contributed by atoms with van der Waals surface area (Å²) in [6.07, 6.45) is 6.00. The highest BCUT2D eigenvalue weighted by molar-refractivity contribution is 8.26. The van der Waals surface area contributed by atoms with E-state index >= 15 is 0 Å². The molecule has 9 heteroatoms. The van der Waals surface area contributed by atoms with E-state index in [0.717, 1.165) is 25.7 Å². The van der Waals surface area contributed by atoms with Crippen LogP contribution in [0.2, 0.25) is 0 Å². The van der Waals surface area contributed by atoms with Crippen molar-refractivity contribution in [1.29, 1.82) is 0 Å². The van der Waals surface area contributed by atoms with Gasteiger partial charge in [-0.1, -0.05) is 57.1 Å². The number of thioether (sulfide) groups is 1. The first-order valence-corrected chi connectivity index (χ1v) is 13.2. The Kier molecular flexibility index (Phi) is 9.62. The quantitative estimate of drug-likeness (QED) is 0.183. The van der Waals surface area contributed by atoms with Gasteiger partial charge >= 0.3 is 5.97 Å². The Balaban J connectivity index is 1.86. The number of esters is 1. The minimum atomic E-state index is -0.555. The Bertz CT molecular complexity index is 1160. The van der Waals surface area contributed by atoms with Crippen LogP contribution in [0.15, 0.2) is 33.6 Å². The van der Waals surface area contributed by atoms with Gasteiger partial charge in [0.2, 0.25) is 0 Å². The number of hydrogen-bond acceptors (Lipinski definition) is 8. The molecule has 1 aliphatic rings. The van der Waals surface area contributed by atoms with Gasteiger partial charge in [0.1, 0.15) is 21.4 Å². The first kappa shape index (κ1) is 27.8. The van der Waals surface area contributed by atoms with Gasteiger partial charge in [0.15, 0.2) is 11.5 Å². The molecule has 1 fully saturated rings. The maximum absolute atomic E-state index is 13.2. The minimum absolute atomic E-state index is 0.0376. The lowest BCUT2D eigenvalue weighted by molar-refractivity contribution is -0.123. The molecule has 1 aromatic heterocycles. The molecule has 194 valence electrons. The van der Waals surface area contributed by atoms with E-state index in [0.29, 0.717) is 38.0 Å². The summed E-state index contributed by atoms with van der Waals surface area (Å²) >= 11 is 6.84. The summed E-state index contributed by atoms with van der Waals surface area (Å²) in [5.41, 5.74) is 0.825. The molecule has 7 nitrogen and oxygen atoms in total. The van der Waals surface area contributed by atoms with Crippen LogP contribution in [-0.4, -0.2) is 48.5 Å². The number of rotatable bonds is 11. The van der Waals surface area contributed by atoms with E-state index in [1.807, 2.05) is 0 Å². The molecule has 0 saturated carbocycles. The van der Waals surface area contributed by atoms with E-state index in [2.05, 4.69) is 20.8 Å². The van der Waals surface area contributed by atoms with Crippen LogP contribution < -0.4 is 9.47 Å². The highest BCUT2D eigenvalue weighted by Crippen LogP contribution is 2.39. The summed E-state index contributed by atoms with van der Waals surface area (Å²) < 4.78 is 22.2. The van der Waals surface area contributed by atoms with Crippen molar-refractivity contribution >= 4 is 46.3 Å². The van der Waals surface area contributed by atoms with Crippen LogP contribution in [-0.2, 0) is 9.53 Å². The summed E-state index contributed by atoms with van der Waals surface area (Å²) in [5, 5.41) is 0. The number of thiocarbonyl (C=S) groups is 1. The monoisotopic (exact) mass is 531 g/mol. The van der Waals surface area contributed by atoms with Gasteiger partial charge in [-0.15, -0.1) is 0 Å². The summed E-state index contributed by atoms with van der Waals surface area (Å²) in [4.78, 5) is 27.8. The molecule has 2 unspecified atom stereocenters. The smallest absolute Gasteiger partial charge is 0.341 e. The van der Waals surface area contributed by atoms with E-state index in [-0.39, 0.29) is 23.3 Å². The molecular weight excluding hydrogens is 498 g/mol. The lowest BCUT2D eigenvalue weighted by atomic mass is 9.93. The molecule has 0 N–H and O–H groups in total. The maximum atomic E-state index is 13.2. The summed E-state index contributed by atoms with van der Waals surface area (Å²) in [6, 6.07) is 6.92. The molecule has 2 atom stereocenters. The number of hydrogen-bond donors (Lipinski definition) is 0. The number of nitrogens with zero attached hydrogens (tertiary/aromatic N) is 1. The predicted molar refractivity (Wildman–Crippen MR) is 146 cm³/mol. The number of ether oxygens (including phenoxy) is 3. The largest absolute Gasteiger partial charge is 0.493 e. The molecule has 1 saturated heterocycles. The number of amides is 1. The van der Waals surface area contributed by atoms with Gasteiger partial charge in [-0.2, -0.15) is 0 Å². The fraction of sp³-hybridized carbons (Fsp3) is 0.444. The van der Waals surface area contributed by atoms with Crippen molar-refractivity contribution in [1.82, 2.24) is 4.90 Å². The third-order valence-corrected chi connectivity index (χ3v) is 7.61. The summed E-state index contributed by atoms with van der Waals surface area (Å²) in [7, 11) is 4.25. The standard InChI is InChI=1S/C27H33NO6S2/c1-7-9-17(8-2)12-16(3)28-25(29)23(36-27(28)35)15-19-10-11-21(34-19)18-13-20(26(30)33-6)24(32-5)22(14-18)31-4/h10-11,13-17H,7-9,12H2,1-6H3/b23-15-. The van der Waals surface area contributed by atoms with E-state index in [9.17, 15) is 9.59 Å². The first-order chi connectivity index (χ1) is 17.3. The second kappa shape index (κ2) is 12.5. The van der Waals surface area contributed by atoms with Gasteiger partial charge in [0, 0.05) is 17.7 Å². The molecule has 0 aliphatic carbocycles. The fourth-order valence-electron chi connectivity index (χ4n) is 4.43. The molecule has 3 rings (SSSR count). The highest BCUT2D eigenvalue weighted by Gasteiger charge is 2.36. The molecule has 1 aliphatic heterocycles.